The minimum absolute atomic E-state index is 0.0733. The second-order valence-electron chi connectivity index (χ2n) is 8.05. The Morgan fingerprint density at radius 1 is 1.18 bits per heavy atom. The summed E-state index contributed by atoms with van der Waals surface area (Å²) in [7, 11) is 1.78. The fraction of sp³-hybridized carbons (Fsp3) is 0.636. The molecule has 1 aliphatic heterocycles. The Kier molecular flexibility index (Phi) is 8.77. The van der Waals surface area contributed by atoms with Gasteiger partial charge in [-0.15, -0.1) is 0 Å². The number of amides is 1. The zero-order valence-corrected chi connectivity index (χ0v) is 18.0. The molecule has 156 valence electrons. The molecule has 2 unspecified atom stereocenters. The summed E-state index contributed by atoms with van der Waals surface area (Å²) in [5.74, 6) is 1.60. The van der Waals surface area contributed by atoms with Crippen LogP contribution in [0.25, 0.3) is 0 Å². The molecule has 1 aromatic carbocycles. The van der Waals surface area contributed by atoms with Crippen molar-refractivity contribution in [3.63, 3.8) is 0 Å². The molecule has 28 heavy (non-hydrogen) atoms. The molecule has 2 atom stereocenters. The maximum Gasteiger partial charge on any atom is 0.254 e. The minimum atomic E-state index is 0.0733. The normalized spacial score (nSPS) is 20.4. The third-order valence-corrected chi connectivity index (χ3v) is 4.84. The molecule has 0 bridgehead atoms. The second kappa shape index (κ2) is 11.1. The number of aliphatic imine (C=N–C) groups is 1. The lowest BCUT2D eigenvalue weighted by Crippen LogP contribution is -2.48. The standard InChI is InChI=1S/C22H36N4O2/c1-16(2)7-6-12-24-22(23-5)25-13-19-8-10-20(11-9-19)21(27)26-14-17(3)28-18(4)15-26/h8-11,16-18H,6-7,12-15H2,1-5H3,(H2,23,24,25). The van der Waals surface area contributed by atoms with Gasteiger partial charge >= 0.3 is 0 Å². The van der Waals surface area contributed by atoms with Gasteiger partial charge in [0.1, 0.15) is 0 Å². The highest BCUT2D eigenvalue weighted by Crippen LogP contribution is 2.15. The highest BCUT2D eigenvalue weighted by molar-refractivity contribution is 5.94. The van der Waals surface area contributed by atoms with Crippen LogP contribution in [0.3, 0.4) is 0 Å². The first kappa shape index (κ1) is 22.2. The van der Waals surface area contributed by atoms with E-state index in [1.807, 2.05) is 43.0 Å². The van der Waals surface area contributed by atoms with Gasteiger partial charge in [-0.2, -0.15) is 0 Å². The van der Waals surface area contributed by atoms with Crippen molar-refractivity contribution in [2.45, 2.75) is 59.3 Å². The number of hydrogen-bond donors (Lipinski definition) is 2. The van der Waals surface area contributed by atoms with Gasteiger partial charge in [-0.3, -0.25) is 9.79 Å². The summed E-state index contributed by atoms with van der Waals surface area (Å²) in [6.07, 6.45) is 2.50. The van der Waals surface area contributed by atoms with Crippen LogP contribution in [-0.2, 0) is 11.3 Å². The Balaban J connectivity index is 1.82. The van der Waals surface area contributed by atoms with Gasteiger partial charge in [-0.1, -0.05) is 26.0 Å². The number of carbonyl (C=O) groups excluding carboxylic acids is 1. The number of ether oxygens (including phenoxy) is 1. The van der Waals surface area contributed by atoms with Crippen molar-refractivity contribution in [2.24, 2.45) is 10.9 Å². The highest BCUT2D eigenvalue weighted by atomic mass is 16.5. The predicted molar refractivity (Wildman–Crippen MR) is 115 cm³/mol. The number of hydrogen-bond acceptors (Lipinski definition) is 3. The Bertz CT molecular complexity index is 632. The molecule has 1 amide bonds. The van der Waals surface area contributed by atoms with Crippen molar-refractivity contribution in [1.82, 2.24) is 15.5 Å². The van der Waals surface area contributed by atoms with Crippen LogP contribution in [0, 0.1) is 5.92 Å². The van der Waals surface area contributed by atoms with Crippen LogP contribution in [0.2, 0.25) is 0 Å². The molecule has 6 heteroatoms. The molecular formula is C22H36N4O2. The smallest absolute Gasteiger partial charge is 0.254 e. The number of morpholine rings is 1. The molecule has 6 nitrogen and oxygen atoms in total. The van der Waals surface area contributed by atoms with Gasteiger partial charge in [0.2, 0.25) is 0 Å². The van der Waals surface area contributed by atoms with E-state index >= 15 is 0 Å². The molecule has 1 fully saturated rings. The first-order valence-corrected chi connectivity index (χ1v) is 10.4. The minimum Gasteiger partial charge on any atom is -0.372 e. The zero-order valence-electron chi connectivity index (χ0n) is 18.0. The lowest BCUT2D eigenvalue weighted by molar-refractivity contribution is -0.0586. The van der Waals surface area contributed by atoms with E-state index in [4.69, 9.17) is 4.74 Å². The average molecular weight is 389 g/mol. The zero-order chi connectivity index (χ0) is 20.5. The van der Waals surface area contributed by atoms with E-state index in [0.29, 0.717) is 19.6 Å². The largest absolute Gasteiger partial charge is 0.372 e. The number of nitrogens with zero attached hydrogens (tertiary/aromatic N) is 2. The van der Waals surface area contributed by atoms with Gasteiger partial charge in [-0.05, 0) is 50.3 Å². The third-order valence-electron chi connectivity index (χ3n) is 4.84. The van der Waals surface area contributed by atoms with E-state index in [1.54, 1.807) is 7.05 Å². The molecule has 1 saturated heterocycles. The third kappa shape index (κ3) is 7.15. The molecule has 1 heterocycles. The summed E-state index contributed by atoms with van der Waals surface area (Å²) in [5.41, 5.74) is 1.84. The molecular weight excluding hydrogens is 352 g/mol. The lowest BCUT2D eigenvalue weighted by Gasteiger charge is -2.35. The van der Waals surface area contributed by atoms with Crippen LogP contribution in [0.4, 0.5) is 0 Å². The molecule has 0 radical (unpaired) electrons. The van der Waals surface area contributed by atoms with Crippen LogP contribution in [0.1, 0.15) is 56.5 Å². The van der Waals surface area contributed by atoms with Crippen LogP contribution in [-0.4, -0.2) is 55.7 Å². The molecule has 0 spiro atoms. The van der Waals surface area contributed by atoms with Crippen molar-refractivity contribution in [3.8, 4) is 0 Å². The van der Waals surface area contributed by atoms with Crippen molar-refractivity contribution < 1.29 is 9.53 Å². The summed E-state index contributed by atoms with van der Waals surface area (Å²) in [6, 6.07) is 7.81. The molecule has 2 N–H and O–H groups in total. The monoisotopic (exact) mass is 388 g/mol. The number of carbonyl (C=O) groups is 1. The van der Waals surface area contributed by atoms with Crippen molar-refractivity contribution in [1.29, 1.82) is 0 Å². The van der Waals surface area contributed by atoms with Gasteiger partial charge < -0.3 is 20.3 Å². The summed E-state index contributed by atoms with van der Waals surface area (Å²) < 4.78 is 5.71. The number of benzene rings is 1. The molecule has 0 aromatic heterocycles. The fourth-order valence-corrected chi connectivity index (χ4v) is 3.41. The van der Waals surface area contributed by atoms with Gasteiger partial charge in [0, 0.05) is 38.8 Å². The van der Waals surface area contributed by atoms with Crippen LogP contribution >= 0.6 is 0 Å². The Morgan fingerprint density at radius 3 is 2.39 bits per heavy atom. The fourth-order valence-electron chi connectivity index (χ4n) is 3.41. The number of nitrogens with one attached hydrogen (secondary N) is 2. The van der Waals surface area contributed by atoms with Crippen LogP contribution in [0.15, 0.2) is 29.3 Å². The lowest BCUT2D eigenvalue weighted by atomic mass is 10.1. The van der Waals surface area contributed by atoms with E-state index in [9.17, 15) is 4.79 Å². The van der Waals surface area contributed by atoms with E-state index in [1.165, 1.54) is 6.42 Å². The maximum absolute atomic E-state index is 12.7. The summed E-state index contributed by atoms with van der Waals surface area (Å²) in [5, 5.41) is 6.67. The Hall–Kier alpha value is -2.08. The van der Waals surface area contributed by atoms with E-state index < -0.39 is 0 Å². The molecule has 0 saturated carbocycles. The van der Waals surface area contributed by atoms with Crippen LogP contribution in [0.5, 0.6) is 0 Å². The predicted octanol–water partition coefficient (Wildman–Crippen LogP) is 3.04. The van der Waals surface area contributed by atoms with Gasteiger partial charge in [0.05, 0.1) is 12.2 Å². The molecule has 2 rings (SSSR count). The first-order valence-electron chi connectivity index (χ1n) is 10.4. The van der Waals surface area contributed by atoms with Crippen molar-refractivity contribution in [3.05, 3.63) is 35.4 Å². The molecule has 1 aliphatic rings. The Labute approximate surface area is 169 Å². The quantitative estimate of drug-likeness (QED) is 0.428. The Morgan fingerprint density at radius 2 is 1.82 bits per heavy atom. The van der Waals surface area contributed by atoms with Crippen molar-refractivity contribution in [2.75, 3.05) is 26.7 Å². The SMILES string of the molecule is CN=C(NCCCC(C)C)NCc1ccc(C(=O)N2CC(C)OC(C)C2)cc1. The highest BCUT2D eigenvalue weighted by Gasteiger charge is 2.26. The second-order valence-corrected chi connectivity index (χ2v) is 8.05. The first-order chi connectivity index (χ1) is 13.4. The average Bonchev–Trinajstić information content (AvgIpc) is 2.66. The van der Waals surface area contributed by atoms with E-state index in [-0.39, 0.29) is 18.1 Å². The summed E-state index contributed by atoms with van der Waals surface area (Å²) in [4.78, 5) is 18.9. The van der Waals surface area contributed by atoms with E-state index in [0.717, 1.165) is 36.0 Å². The van der Waals surface area contributed by atoms with Crippen molar-refractivity contribution >= 4 is 11.9 Å². The summed E-state index contributed by atoms with van der Waals surface area (Å²) in [6.45, 7) is 11.4. The topological polar surface area (TPSA) is 66.0 Å². The van der Waals surface area contributed by atoms with Gasteiger partial charge in [0.15, 0.2) is 5.96 Å². The molecule has 0 aliphatic carbocycles. The van der Waals surface area contributed by atoms with E-state index in [2.05, 4.69) is 29.5 Å². The number of rotatable bonds is 7. The van der Waals surface area contributed by atoms with Gasteiger partial charge in [-0.25, -0.2) is 0 Å². The maximum atomic E-state index is 12.7. The number of guanidine groups is 1. The molecule has 1 aromatic rings. The van der Waals surface area contributed by atoms with Crippen LogP contribution < -0.4 is 10.6 Å². The summed E-state index contributed by atoms with van der Waals surface area (Å²) >= 11 is 0. The van der Waals surface area contributed by atoms with Gasteiger partial charge in [0.25, 0.3) is 5.91 Å².